The van der Waals surface area contributed by atoms with E-state index in [1.807, 2.05) is 0 Å². The topological polar surface area (TPSA) is 50.4 Å². The van der Waals surface area contributed by atoms with Crippen molar-refractivity contribution in [1.82, 2.24) is 5.32 Å². The standard InChI is InChI=1S/C12H15ClF2N2O2/c1-16-6-2-3-11(18)17-8-4-5-10(9(13)7-8)19-12(14)15/h4-5,7,12,16H,2-3,6H2,1H3,(H,17,18). The largest absolute Gasteiger partial charge is 0.433 e. The van der Waals surface area contributed by atoms with Crippen molar-refractivity contribution in [3.05, 3.63) is 23.2 Å². The summed E-state index contributed by atoms with van der Waals surface area (Å²) < 4.78 is 28.3. The van der Waals surface area contributed by atoms with Crippen molar-refractivity contribution in [2.24, 2.45) is 0 Å². The molecule has 0 aliphatic carbocycles. The minimum Gasteiger partial charge on any atom is -0.433 e. The van der Waals surface area contributed by atoms with Crippen molar-refractivity contribution < 1.29 is 18.3 Å². The average molecular weight is 293 g/mol. The van der Waals surface area contributed by atoms with Crippen LogP contribution in [0.5, 0.6) is 5.75 Å². The van der Waals surface area contributed by atoms with Crippen LogP contribution in [0, 0.1) is 0 Å². The highest BCUT2D eigenvalue weighted by molar-refractivity contribution is 6.32. The predicted octanol–water partition coefficient (Wildman–Crippen LogP) is 2.88. The van der Waals surface area contributed by atoms with E-state index in [4.69, 9.17) is 11.6 Å². The molecule has 0 aliphatic heterocycles. The number of halogens is 3. The van der Waals surface area contributed by atoms with Gasteiger partial charge in [-0.1, -0.05) is 11.6 Å². The Morgan fingerprint density at radius 3 is 2.79 bits per heavy atom. The average Bonchev–Trinajstić information content (AvgIpc) is 2.32. The van der Waals surface area contributed by atoms with Crippen molar-refractivity contribution in [1.29, 1.82) is 0 Å². The van der Waals surface area contributed by atoms with E-state index in [1.165, 1.54) is 18.2 Å². The molecule has 0 aromatic heterocycles. The Kier molecular flexibility index (Phi) is 6.52. The maximum Gasteiger partial charge on any atom is 0.387 e. The number of carbonyl (C=O) groups excluding carboxylic acids is 1. The second kappa shape index (κ2) is 7.91. The first-order chi connectivity index (χ1) is 9.02. The van der Waals surface area contributed by atoms with Crippen LogP contribution < -0.4 is 15.4 Å². The lowest BCUT2D eigenvalue weighted by Crippen LogP contribution is -2.15. The van der Waals surface area contributed by atoms with Crippen LogP contribution in [0.25, 0.3) is 0 Å². The molecule has 0 atom stereocenters. The predicted molar refractivity (Wildman–Crippen MR) is 69.9 cm³/mol. The fourth-order valence-electron chi connectivity index (χ4n) is 1.42. The zero-order valence-electron chi connectivity index (χ0n) is 10.4. The van der Waals surface area contributed by atoms with Gasteiger partial charge >= 0.3 is 6.61 Å². The number of hydrogen-bond donors (Lipinski definition) is 2. The minimum atomic E-state index is -2.93. The molecule has 106 valence electrons. The van der Waals surface area contributed by atoms with E-state index in [0.29, 0.717) is 18.5 Å². The van der Waals surface area contributed by atoms with Gasteiger partial charge in [0, 0.05) is 12.1 Å². The van der Waals surface area contributed by atoms with E-state index in [-0.39, 0.29) is 16.7 Å². The van der Waals surface area contributed by atoms with Crippen LogP contribution >= 0.6 is 11.6 Å². The summed E-state index contributed by atoms with van der Waals surface area (Å²) in [5, 5.41) is 5.58. The van der Waals surface area contributed by atoms with Gasteiger partial charge in [0.2, 0.25) is 5.91 Å². The van der Waals surface area contributed by atoms with E-state index in [0.717, 1.165) is 6.54 Å². The molecule has 0 unspecified atom stereocenters. The molecular weight excluding hydrogens is 278 g/mol. The summed E-state index contributed by atoms with van der Waals surface area (Å²) in [5.74, 6) is -0.279. The number of amides is 1. The first-order valence-electron chi connectivity index (χ1n) is 5.71. The number of rotatable bonds is 7. The van der Waals surface area contributed by atoms with Gasteiger partial charge in [0.05, 0.1) is 5.02 Å². The Balaban J connectivity index is 2.55. The number of ether oxygens (including phenoxy) is 1. The maximum absolute atomic E-state index is 12.0. The third-order valence-corrected chi connectivity index (χ3v) is 2.56. The first kappa shape index (κ1) is 15.7. The molecule has 7 heteroatoms. The minimum absolute atomic E-state index is 0.0216. The van der Waals surface area contributed by atoms with Crippen molar-refractivity contribution in [2.75, 3.05) is 18.9 Å². The molecule has 0 saturated carbocycles. The molecule has 1 rings (SSSR count). The van der Waals surface area contributed by atoms with E-state index in [9.17, 15) is 13.6 Å². The molecule has 0 spiro atoms. The van der Waals surface area contributed by atoms with Crippen LogP contribution in [-0.4, -0.2) is 26.1 Å². The van der Waals surface area contributed by atoms with Crippen molar-refractivity contribution in [2.45, 2.75) is 19.5 Å². The van der Waals surface area contributed by atoms with Crippen LogP contribution in [0.1, 0.15) is 12.8 Å². The normalized spacial score (nSPS) is 10.6. The van der Waals surface area contributed by atoms with Crippen molar-refractivity contribution >= 4 is 23.2 Å². The number of hydrogen-bond acceptors (Lipinski definition) is 3. The van der Waals surface area contributed by atoms with Gasteiger partial charge in [0.1, 0.15) is 5.75 Å². The Labute approximate surface area is 115 Å². The quantitative estimate of drug-likeness (QED) is 0.760. The molecule has 4 nitrogen and oxygen atoms in total. The first-order valence-corrected chi connectivity index (χ1v) is 6.09. The van der Waals surface area contributed by atoms with E-state index < -0.39 is 6.61 Å². The number of benzene rings is 1. The van der Waals surface area contributed by atoms with Gasteiger partial charge in [-0.15, -0.1) is 0 Å². The summed E-state index contributed by atoms with van der Waals surface area (Å²) >= 11 is 5.76. The maximum atomic E-state index is 12.0. The fraction of sp³-hybridized carbons (Fsp3) is 0.417. The number of nitrogens with one attached hydrogen (secondary N) is 2. The van der Waals surface area contributed by atoms with Gasteiger partial charge in [-0.05, 0) is 38.2 Å². The van der Waals surface area contributed by atoms with Crippen LogP contribution in [0.15, 0.2) is 18.2 Å². The highest BCUT2D eigenvalue weighted by Gasteiger charge is 2.10. The zero-order valence-corrected chi connectivity index (χ0v) is 11.1. The van der Waals surface area contributed by atoms with Crippen molar-refractivity contribution in [3.63, 3.8) is 0 Å². The Morgan fingerprint density at radius 1 is 1.47 bits per heavy atom. The summed E-state index contributed by atoms with van der Waals surface area (Å²) in [7, 11) is 1.80. The van der Waals surface area contributed by atoms with E-state index >= 15 is 0 Å². The van der Waals surface area contributed by atoms with Gasteiger partial charge < -0.3 is 15.4 Å². The number of alkyl halides is 2. The Hall–Kier alpha value is -1.40. The van der Waals surface area contributed by atoms with Crippen LogP contribution in [0.3, 0.4) is 0 Å². The molecule has 2 N–H and O–H groups in total. The molecule has 1 aromatic rings. The van der Waals surface area contributed by atoms with Gasteiger partial charge in [0.15, 0.2) is 0 Å². The third-order valence-electron chi connectivity index (χ3n) is 2.26. The second-order valence-electron chi connectivity index (χ2n) is 3.78. The third kappa shape index (κ3) is 5.85. The summed E-state index contributed by atoms with van der Waals surface area (Å²) in [6.07, 6.45) is 1.08. The lowest BCUT2D eigenvalue weighted by atomic mass is 10.2. The Morgan fingerprint density at radius 2 is 2.21 bits per heavy atom. The molecule has 19 heavy (non-hydrogen) atoms. The van der Waals surface area contributed by atoms with Gasteiger partial charge in [-0.25, -0.2) is 0 Å². The highest BCUT2D eigenvalue weighted by Crippen LogP contribution is 2.28. The summed E-state index contributed by atoms with van der Waals surface area (Å²) in [4.78, 5) is 11.5. The van der Waals surface area contributed by atoms with Gasteiger partial charge in [0.25, 0.3) is 0 Å². The van der Waals surface area contributed by atoms with E-state index in [2.05, 4.69) is 15.4 Å². The monoisotopic (exact) mass is 292 g/mol. The highest BCUT2D eigenvalue weighted by atomic mass is 35.5. The van der Waals surface area contributed by atoms with Gasteiger partial charge in [-0.2, -0.15) is 8.78 Å². The molecule has 0 heterocycles. The molecule has 0 aliphatic rings. The molecule has 0 fully saturated rings. The SMILES string of the molecule is CNCCCC(=O)Nc1ccc(OC(F)F)c(Cl)c1. The number of carbonyl (C=O) groups is 1. The smallest absolute Gasteiger partial charge is 0.387 e. The summed E-state index contributed by atoms with van der Waals surface area (Å²) in [6.45, 7) is -2.19. The Bertz CT molecular complexity index is 430. The van der Waals surface area contributed by atoms with Gasteiger partial charge in [-0.3, -0.25) is 4.79 Å². The molecular formula is C12H15ClF2N2O2. The van der Waals surface area contributed by atoms with E-state index in [1.54, 1.807) is 7.05 Å². The van der Waals surface area contributed by atoms with Crippen LogP contribution in [0.4, 0.5) is 14.5 Å². The number of anilines is 1. The molecule has 0 bridgehead atoms. The summed E-state index contributed by atoms with van der Waals surface area (Å²) in [5.41, 5.74) is 0.445. The summed E-state index contributed by atoms with van der Waals surface area (Å²) in [6, 6.07) is 4.12. The van der Waals surface area contributed by atoms with Crippen LogP contribution in [0.2, 0.25) is 5.02 Å². The van der Waals surface area contributed by atoms with Crippen LogP contribution in [-0.2, 0) is 4.79 Å². The second-order valence-corrected chi connectivity index (χ2v) is 4.19. The molecule has 1 aromatic carbocycles. The lowest BCUT2D eigenvalue weighted by Gasteiger charge is -2.09. The fourth-order valence-corrected chi connectivity index (χ4v) is 1.64. The molecule has 0 saturated heterocycles. The molecule has 1 amide bonds. The zero-order chi connectivity index (χ0) is 14.3. The van der Waals surface area contributed by atoms with Crippen molar-refractivity contribution in [3.8, 4) is 5.75 Å². The lowest BCUT2D eigenvalue weighted by molar-refractivity contribution is -0.116. The molecule has 0 radical (unpaired) electrons.